The Morgan fingerprint density at radius 1 is 1.00 bits per heavy atom. The van der Waals surface area contributed by atoms with Gasteiger partial charge in [0.2, 0.25) is 0 Å². The minimum absolute atomic E-state index is 0.247. The van der Waals surface area contributed by atoms with Gasteiger partial charge in [0.15, 0.2) is 6.61 Å². The monoisotopic (exact) mass is 389 g/mol. The second kappa shape index (κ2) is 9.32. The van der Waals surface area contributed by atoms with Crippen LogP contribution in [0, 0.1) is 13.8 Å². The number of rotatable bonds is 7. The van der Waals surface area contributed by atoms with Crippen molar-refractivity contribution in [3.63, 3.8) is 0 Å². The molecular formula is C20H23NO5S. The summed E-state index contributed by atoms with van der Waals surface area (Å²) in [6.45, 7) is 7.23. The van der Waals surface area contributed by atoms with Crippen molar-refractivity contribution in [1.29, 1.82) is 0 Å². The third-order valence-electron chi connectivity index (χ3n) is 3.82. The lowest BCUT2D eigenvalue weighted by Gasteiger charge is -2.09. The number of anilines is 1. The molecule has 0 fully saturated rings. The summed E-state index contributed by atoms with van der Waals surface area (Å²) < 4.78 is 10.1. The van der Waals surface area contributed by atoms with E-state index in [1.54, 1.807) is 19.1 Å². The smallest absolute Gasteiger partial charge is 0.341 e. The highest BCUT2D eigenvalue weighted by molar-refractivity contribution is 7.16. The van der Waals surface area contributed by atoms with Gasteiger partial charge in [-0.25, -0.2) is 9.59 Å². The fourth-order valence-corrected chi connectivity index (χ4v) is 3.48. The maximum absolute atomic E-state index is 12.2. The molecule has 144 valence electrons. The molecular weight excluding hydrogens is 366 g/mol. The molecule has 0 radical (unpaired) electrons. The first-order valence-electron chi connectivity index (χ1n) is 8.69. The topological polar surface area (TPSA) is 81.7 Å². The second-order valence-corrected chi connectivity index (χ2v) is 7.11. The summed E-state index contributed by atoms with van der Waals surface area (Å²) in [4.78, 5) is 37.3. The van der Waals surface area contributed by atoms with Crippen LogP contribution in [-0.2, 0) is 20.7 Å². The van der Waals surface area contributed by atoms with Gasteiger partial charge in [0.1, 0.15) is 5.00 Å². The van der Waals surface area contributed by atoms with Crippen molar-refractivity contribution in [3.8, 4) is 0 Å². The van der Waals surface area contributed by atoms with Gasteiger partial charge in [0.05, 0.1) is 17.7 Å². The zero-order chi connectivity index (χ0) is 20.0. The van der Waals surface area contributed by atoms with Crippen LogP contribution in [0.1, 0.15) is 50.6 Å². The number of nitrogens with one attached hydrogen (secondary N) is 1. The summed E-state index contributed by atoms with van der Waals surface area (Å²) in [7, 11) is 0. The maximum atomic E-state index is 12.2. The van der Waals surface area contributed by atoms with Crippen molar-refractivity contribution in [2.45, 2.75) is 34.1 Å². The number of benzene rings is 1. The Labute approximate surface area is 162 Å². The fourth-order valence-electron chi connectivity index (χ4n) is 2.48. The fraction of sp³-hybridized carbons (Fsp3) is 0.350. The van der Waals surface area contributed by atoms with Crippen molar-refractivity contribution in [1.82, 2.24) is 0 Å². The molecule has 0 aliphatic rings. The summed E-state index contributed by atoms with van der Waals surface area (Å²) in [5.41, 5.74) is 2.56. The zero-order valence-electron chi connectivity index (χ0n) is 15.9. The molecule has 0 saturated carbocycles. The third-order valence-corrected chi connectivity index (χ3v) is 5.01. The predicted molar refractivity (Wildman–Crippen MR) is 104 cm³/mol. The van der Waals surface area contributed by atoms with Crippen molar-refractivity contribution < 1.29 is 23.9 Å². The Morgan fingerprint density at radius 2 is 1.70 bits per heavy atom. The van der Waals surface area contributed by atoms with E-state index in [0.717, 1.165) is 22.4 Å². The van der Waals surface area contributed by atoms with Crippen molar-refractivity contribution >= 4 is 34.2 Å². The van der Waals surface area contributed by atoms with Crippen LogP contribution in [0.5, 0.6) is 0 Å². The minimum Gasteiger partial charge on any atom is -0.462 e. The van der Waals surface area contributed by atoms with Crippen molar-refractivity contribution in [2.24, 2.45) is 0 Å². The minimum atomic E-state index is -0.561. The number of amides is 1. The van der Waals surface area contributed by atoms with E-state index < -0.39 is 24.5 Å². The van der Waals surface area contributed by atoms with Gasteiger partial charge in [-0.2, -0.15) is 0 Å². The summed E-state index contributed by atoms with van der Waals surface area (Å²) in [5.74, 6) is -1.56. The summed E-state index contributed by atoms with van der Waals surface area (Å²) >= 11 is 1.30. The second-order valence-electron chi connectivity index (χ2n) is 5.97. The largest absolute Gasteiger partial charge is 0.462 e. The Hall–Kier alpha value is -2.67. The average Bonchev–Trinajstić information content (AvgIpc) is 3.03. The average molecular weight is 389 g/mol. The molecule has 1 heterocycles. The Kier molecular flexibility index (Phi) is 7.12. The first kappa shape index (κ1) is 20.6. The summed E-state index contributed by atoms with van der Waals surface area (Å²) in [6, 6.07) is 7.07. The maximum Gasteiger partial charge on any atom is 0.341 e. The van der Waals surface area contributed by atoms with Gasteiger partial charge in [-0.05, 0) is 44.9 Å². The van der Waals surface area contributed by atoms with Gasteiger partial charge in [-0.3, -0.25) is 4.79 Å². The van der Waals surface area contributed by atoms with E-state index >= 15 is 0 Å². The lowest BCUT2D eigenvalue weighted by Crippen LogP contribution is -2.22. The normalized spacial score (nSPS) is 10.4. The zero-order valence-corrected chi connectivity index (χ0v) is 16.7. The first-order chi connectivity index (χ1) is 12.8. The molecule has 0 bridgehead atoms. The molecule has 6 nitrogen and oxygen atoms in total. The van der Waals surface area contributed by atoms with Crippen LogP contribution in [0.4, 0.5) is 5.00 Å². The molecule has 1 N–H and O–H groups in total. The van der Waals surface area contributed by atoms with Crippen LogP contribution >= 0.6 is 11.3 Å². The summed E-state index contributed by atoms with van der Waals surface area (Å²) in [6.07, 6.45) is 0.731. The highest BCUT2D eigenvalue weighted by Crippen LogP contribution is 2.29. The van der Waals surface area contributed by atoms with E-state index in [1.807, 2.05) is 32.9 Å². The van der Waals surface area contributed by atoms with E-state index in [1.165, 1.54) is 11.3 Å². The van der Waals surface area contributed by atoms with E-state index in [0.29, 0.717) is 16.1 Å². The van der Waals surface area contributed by atoms with E-state index in [-0.39, 0.29) is 6.61 Å². The number of esters is 2. The number of thiophene rings is 1. The van der Waals surface area contributed by atoms with Crippen LogP contribution < -0.4 is 5.32 Å². The van der Waals surface area contributed by atoms with Gasteiger partial charge in [-0.1, -0.05) is 24.6 Å². The highest BCUT2D eigenvalue weighted by atomic mass is 32.1. The van der Waals surface area contributed by atoms with Gasteiger partial charge in [0, 0.05) is 4.88 Å². The van der Waals surface area contributed by atoms with Crippen molar-refractivity contribution in [3.05, 3.63) is 51.4 Å². The molecule has 2 rings (SSSR count). The third kappa shape index (κ3) is 5.40. The Morgan fingerprint density at radius 3 is 2.33 bits per heavy atom. The molecule has 1 aromatic heterocycles. The number of hydrogen-bond donors (Lipinski definition) is 1. The Balaban J connectivity index is 2.02. The van der Waals surface area contributed by atoms with Crippen LogP contribution in [0.15, 0.2) is 24.3 Å². The Bertz CT molecular complexity index is 856. The molecule has 27 heavy (non-hydrogen) atoms. The van der Waals surface area contributed by atoms with E-state index in [9.17, 15) is 14.4 Å². The van der Waals surface area contributed by atoms with Crippen LogP contribution in [0.3, 0.4) is 0 Å². The van der Waals surface area contributed by atoms with E-state index in [4.69, 9.17) is 9.47 Å². The van der Waals surface area contributed by atoms with Crippen molar-refractivity contribution in [2.75, 3.05) is 18.5 Å². The molecule has 0 atom stereocenters. The standard InChI is InChI=1S/C20H23NO5S/c1-5-14-10-16(20(24)25-6-2)18(27-14)21-17(22)11-26-19(23)15-8-7-12(3)9-13(15)4/h7-10H,5-6,11H2,1-4H3,(H,21,22). The molecule has 0 aliphatic carbocycles. The van der Waals surface area contributed by atoms with Gasteiger partial charge >= 0.3 is 11.9 Å². The molecule has 2 aromatic rings. The predicted octanol–water partition coefficient (Wildman–Crippen LogP) is 3.90. The number of hydrogen-bond acceptors (Lipinski definition) is 6. The van der Waals surface area contributed by atoms with Gasteiger partial charge in [-0.15, -0.1) is 11.3 Å². The number of ether oxygens (including phenoxy) is 2. The lowest BCUT2D eigenvalue weighted by atomic mass is 10.1. The summed E-state index contributed by atoms with van der Waals surface area (Å²) in [5, 5.41) is 3.04. The quantitative estimate of drug-likeness (QED) is 0.726. The van der Waals surface area contributed by atoms with Gasteiger partial charge in [0.25, 0.3) is 5.91 Å². The number of carbonyl (C=O) groups excluding carboxylic acids is 3. The lowest BCUT2D eigenvalue weighted by molar-refractivity contribution is -0.119. The highest BCUT2D eigenvalue weighted by Gasteiger charge is 2.19. The molecule has 7 heteroatoms. The molecule has 1 amide bonds. The molecule has 1 aromatic carbocycles. The molecule has 0 unspecified atom stereocenters. The van der Waals surface area contributed by atoms with Gasteiger partial charge < -0.3 is 14.8 Å². The number of aryl methyl sites for hydroxylation is 3. The molecule has 0 aliphatic heterocycles. The first-order valence-corrected chi connectivity index (χ1v) is 9.51. The SMILES string of the molecule is CCOC(=O)c1cc(CC)sc1NC(=O)COC(=O)c1ccc(C)cc1C. The molecule has 0 saturated heterocycles. The number of carbonyl (C=O) groups is 3. The van der Waals surface area contributed by atoms with Crippen LogP contribution in [0.25, 0.3) is 0 Å². The van der Waals surface area contributed by atoms with E-state index in [2.05, 4.69) is 5.32 Å². The molecule has 0 spiro atoms. The van der Waals surface area contributed by atoms with Crippen LogP contribution in [0.2, 0.25) is 0 Å². The van der Waals surface area contributed by atoms with Crippen LogP contribution in [-0.4, -0.2) is 31.1 Å².